The summed E-state index contributed by atoms with van der Waals surface area (Å²) in [5, 5.41) is 12.1. The van der Waals surface area contributed by atoms with Crippen LogP contribution in [-0.4, -0.2) is 54.2 Å². The summed E-state index contributed by atoms with van der Waals surface area (Å²) < 4.78 is 25.6. The number of anilines is 1. The number of nitrogens with one attached hydrogen (secondary N) is 3. The van der Waals surface area contributed by atoms with Crippen molar-refractivity contribution >= 4 is 28.6 Å². The maximum Gasteiger partial charge on any atom is 0.214 e. The lowest BCUT2D eigenvalue weighted by molar-refractivity contribution is 0.0851. The average Bonchev–Trinajstić information content (AvgIpc) is 3.53. The van der Waals surface area contributed by atoms with Crippen molar-refractivity contribution in [1.82, 2.24) is 9.88 Å². The number of H-pyrrole nitrogens is 1. The summed E-state index contributed by atoms with van der Waals surface area (Å²) in [5.41, 5.74) is 11.8. The Morgan fingerprint density at radius 2 is 1.84 bits per heavy atom. The predicted octanol–water partition coefficient (Wildman–Crippen LogP) is 8.47. The van der Waals surface area contributed by atoms with Crippen LogP contribution in [0.3, 0.4) is 0 Å². The summed E-state index contributed by atoms with van der Waals surface area (Å²) in [6, 6.07) is 18.5. The highest BCUT2D eigenvalue weighted by atomic mass is 19.1. The van der Waals surface area contributed by atoms with E-state index in [0.29, 0.717) is 29.1 Å². The Bertz CT molecular complexity index is 1830. The standard InChI is InChI=1S/C40H48FN5O3/c1-25(2)46-16-12-27(13-17-46)8-9-29-21-30-22-36(45-35(30)23-32(29)28-14-18-48-19-15-28)39(47)33(24-42)40(43)44-31-10-11-37(26(3)20-31)49-38-7-5-4-6-34(38)41/h4-7,10-11,20-25,27-28,42,44-45H,8-9,12-19,43H2,1-3H3/b40-33+,42-24?. The van der Waals surface area contributed by atoms with Crippen molar-refractivity contribution in [3.63, 3.8) is 0 Å². The third-order valence-corrected chi connectivity index (χ3v) is 10.2. The van der Waals surface area contributed by atoms with Gasteiger partial charge in [-0.05, 0) is 149 Å². The number of allylic oxidation sites excluding steroid dienone is 1. The second-order valence-electron chi connectivity index (χ2n) is 13.8. The van der Waals surface area contributed by atoms with Gasteiger partial charge in [0, 0.05) is 42.1 Å². The molecule has 0 atom stereocenters. The van der Waals surface area contributed by atoms with Gasteiger partial charge in [-0.25, -0.2) is 4.39 Å². The number of hydrogen-bond acceptors (Lipinski definition) is 7. The maximum atomic E-state index is 14.1. The number of aromatic nitrogens is 1. The third-order valence-electron chi connectivity index (χ3n) is 10.2. The summed E-state index contributed by atoms with van der Waals surface area (Å²) in [4.78, 5) is 19.7. The summed E-state index contributed by atoms with van der Waals surface area (Å²) in [6.07, 6.45) is 7.66. The van der Waals surface area contributed by atoms with Crippen LogP contribution in [0.15, 0.2) is 72.1 Å². The maximum absolute atomic E-state index is 14.1. The molecule has 3 aromatic carbocycles. The lowest BCUT2D eigenvalue weighted by atomic mass is 9.83. The number of likely N-dealkylation sites (tertiary alicyclic amines) is 1. The normalized spacial score (nSPS) is 16.9. The second kappa shape index (κ2) is 15.4. The van der Waals surface area contributed by atoms with E-state index < -0.39 is 5.82 Å². The molecule has 0 unspecified atom stereocenters. The first kappa shape index (κ1) is 34.4. The van der Waals surface area contributed by atoms with E-state index in [-0.39, 0.29) is 22.9 Å². The second-order valence-corrected chi connectivity index (χ2v) is 13.8. The van der Waals surface area contributed by atoms with Crippen molar-refractivity contribution in [2.24, 2.45) is 11.7 Å². The van der Waals surface area contributed by atoms with Crippen LogP contribution in [0.25, 0.3) is 10.9 Å². The summed E-state index contributed by atoms with van der Waals surface area (Å²) in [5.74, 6) is 1.04. The molecule has 9 heteroatoms. The zero-order chi connectivity index (χ0) is 34.5. The lowest BCUT2D eigenvalue weighted by Crippen LogP contribution is -2.38. The number of fused-ring (bicyclic) bond motifs is 1. The van der Waals surface area contributed by atoms with Crippen LogP contribution in [0.2, 0.25) is 0 Å². The van der Waals surface area contributed by atoms with E-state index in [1.165, 1.54) is 49.5 Å². The number of Topliss-reactive ketones (excluding diaryl/α,β-unsaturated/α-hetero) is 1. The summed E-state index contributed by atoms with van der Waals surface area (Å²) in [7, 11) is 0. The molecule has 0 radical (unpaired) electrons. The van der Waals surface area contributed by atoms with Crippen molar-refractivity contribution in [3.05, 3.63) is 100 Å². The van der Waals surface area contributed by atoms with Gasteiger partial charge in [-0.15, -0.1) is 0 Å². The zero-order valence-electron chi connectivity index (χ0n) is 28.8. The van der Waals surface area contributed by atoms with Gasteiger partial charge in [0.25, 0.3) is 0 Å². The fraction of sp³-hybridized carbons (Fsp3) is 0.400. The first-order valence-corrected chi connectivity index (χ1v) is 17.5. The van der Waals surface area contributed by atoms with Gasteiger partial charge in [-0.2, -0.15) is 0 Å². The van der Waals surface area contributed by atoms with E-state index in [9.17, 15) is 9.18 Å². The highest BCUT2D eigenvalue weighted by Gasteiger charge is 2.25. The summed E-state index contributed by atoms with van der Waals surface area (Å²) in [6.45, 7) is 10.3. The number of piperidine rings is 1. The minimum atomic E-state index is -0.448. The Morgan fingerprint density at radius 3 is 2.53 bits per heavy atom. The first-order chi connectivity index (χ1) is 23.7. The Balaban J connectivity index is 1.21. The minimum absolute atomic E-state index is 0.0495. The molecule has 0 aliphatic carbocycles. The lowest BCUT2D eigenvalue weighted by Gasteiger charge is -2.34. The molecule has 1 aromatic heterocycles. The highest BCUT2D eigenvalue weighted by molar-refractivity contribution is 6.21. The van der Waals surface area contributed by atoms with Gasteiger partial charge in [0.15, 0.2) is 11.6 Å². The van der Waals surface area contributed by atoms with Gasteiger partial charge in [0.05, 0.1) is 11.3 Å². The molecule has 6 rings (SSSR count). The topological polar surface area (TPSA) is 116 Å². The van der Waals surface area contributed by atoms with Crippen molar-refractivity contribution in [1.29, 1.82) is 5.41 Å². The number of nitrogens with two attached hydrogens (primary N) is 1. The number of aromatic amines is 1. The molecule has 2 aliphatic rings. The number of ether oxygens (including phenoxy) is 2. The van der Waals surface area contributed by atoms with Crippen LogP contribution in [0.4, 0.5) is 10.1 Å². The van der Waals surface area contributed by atoms with E-state index in [4.69, 9.17) is 20.6 Å². The van der Waals surface area contributed by atoms with E-state index >= 15 is 0 Å². The largest absolute Gasteiger partial charge is 0.454 e. The molecular formula is C40H48FN5O3. The fourth-order valence-corrected chi connectivity index (χ4v) is 7.21. The summed E-state index contributed by atoms with van der Waals surface area (Å²) >= 11 is 0. The zero-order valence-corrected chi connectivity index (χ0v) is 28.8. The van der Waals surface area contributed by atoms with Crippen molar-refractivity contribution in [2.75, 3.05) is 31.6 Å². The SMILES string of the molecule is Cc1cc(N/C(N)=C(\C=N)C(=O)c2cc3cc(CCC4CCN(C(C)C)CC4)c(C4CCOCC4)cc3[nH]2)ccc1Oc1ccccc1F. The molecule has 49 heavy (non-hydrogen) atoms. The van der Waals surface area contributed by atoms with E-state index in [1.807, 2.05) is 13.0 Å². The van der Waals surface area contributed by atoms with Crippen LogP contribution in [-0.2, 0) is 11.2 Å². The molecule has 0 bridgehead atoms. The Morgan fingerprint density at radius 1 is 1.08 bits per heavy atom. The van der Waals surface area contributed by atoms with Gasteiger partial charge < -0.3 is 35.8 Å². The quantitative estimate of drug-likeness (QED) is 0.0686. The number of ketones is 1. The van der Waals surface area contributed by atoms with Crippen LogP contribution < -0.4 is 15.8 Å². The molecule has 2 saturated heterocycles. The number of aryl methyl sites for hydroxylation is 2. The van der Waals surface area contributed by atoms with Crippen molar-refractivity contribution in [3.8, 4) is 11.5 Å². The molecule has 8 nitrogen and oxygen atoms in total. The molecule has 4 aromatic rings. The van der Waals surface area contributed by atoms with Crippen LogP contribution in [0.5, 0.6) is 11.5 Å². The van der Waals surface area contributed by atoms with Gasteiger partial charge in [-0.1, -0.05) is 12.1 Å². The van der Waals surface area contributed by atoms with Crippen LogP contribution >= 0.6 is 0 Å². The minimum Gasteiger partial charge on any atom is -0.454 e. The van der Waals surface area contributed by atoms with E-state index in [2.05, 4.69) is 41.2 Å². The number of halogens is 1. The molecule has 5 N–H and O–H groups in total. The van der Waals surface area contributed by atoms with Gasteiger partial charge in [0.2, 0.25) is 5.78 Å². The fourth-order valence-electron chi connectivity index (χ4n) is 7.21. The smallest absolute Gasteiger partial charge is 0.214 e. The molecule has 258 valence electrons. The van der Waals surface area contributed by atoms with Gasteiger partial charge in [0.1, 0.15) is 11.6 Å². The highest BCUT2D eigenvalue weighted by Crippen LogP contribution is 2.35. The molecule has 2 aliphatic heterocycles. The monoisotopic (exact) mass is 665 g/mol. The van der Waals surface area contributed by atoms with Crippen LogP contribution in [0, 0.1) is 24.1 Å². The van der Waals surface area contributed by atoms with Crippen molar-refractivity contribution < 1.29 is 18.7 Å². The molecule has 0 saturated carbocycles. The number of hydrogen-bond donors (Lipinski definition) is 4. The van der Waals surface area contributed by atoms with E-state index in [0.717, 1.165) is 61.1 Å². The van der Waals surface area contributed by atoms with Gasteiger partial charge in [-0.3, -0.25) is 4.79 Å². The number of carbonyl (C=O) groups is 1. The Hall–Kier alpha value is -4.47. The van der Waals surface area contributed by atoms with Gasteiger partial charge >= 0.3 is 0 Å². The number of benzene rings is 3. The molecule has 2 fully saturated rings. The molecule has 3 heterocycles. The number of carbonyl (C=O) groups excluding carboxylic acids is 1. The molecule has 0 amide bonds. The molecule has 0 spiro atoms. The van der Waals surface area contributed by atoms with E-state index in [1.54, 1.807) is 36.4 Å². The number of rotatable bonds is 12. The third kappa shape index (κ3) is 8.06. The average molecular weight is 666 g/mol. The van der Waals surface area contributed by atoms with Crippen molar-refractivity contribution in [2.45, 2.75) is 71.3 Å². The Kier molecular flexibility index (Phi) is 10.8. The Labute approximate surface area is 288 Å². The number of para-hydroxylation sites is 1. The molecular weight excluding hydrogens is 617 g/mol. The van der Waals surface area contributed by atoms with Crippen LogP contribution in [0.1, 0.15) is 79.0 Å². The number of nitrogens with zero attached hydrogens (tertiary/aromatic N) is 1. The predicted molar refractivity (Wildman–Crippen MR) is 194 cm³/mol. The first-order valence-electron chi connectivity index (χ1n) is 17.5.